The number of pyridine rings is 2. The standard InChI is InChI=1S/C20H20N6O/c27-17-11-20(13-23-17)4-9-26(10-5-20)19-15-3-8-22-12-16(15)24-18(25-19)14-1-6-21-7-2-14/h1-3,6-8,12H,4-5,9-11,13H2,(H,23,27). The number of hydrogen-bond donors (Lipinski definition) is 1. The number of carbonyl (C=O) groups excluding carboxylic acids is 1. The first kappa shape index (κ1) is 16.1. The Hall–Kier alpha value is -3.09. The van der Waals surface area contributed by atoms with E-state index in [2.05, 4.69) is 20.2 Å². The average molecular weight is 360 g/mol. The highest BCUT2D eigenvalue weighted by Gasteiger charge is 2.41. The summed E-state index contributed by atoms with van der Waals surface area (Å²) in [5.41, 5.74) is 1.90. The summed E-state index contributed by atoms with van der Waals surface area (Å²) in [6.07, 6.45) is 9.71. The third-order valence-corrected chi connectivity index (χ3v) is 5.74. The molecule has 7 nitrogen and oxygen atoms in total. The van der Waals surface area contributed by atoms with E-state index in [1.165, 1.54) is 0 Å². The molecule has 136 valence electrons. The summed E-state index contributed by atoms with van der Waals surface area (Å²) >= 11 is 0. The summed E-state index contributed by atoms with van der Waals surface area (Å²) in [5, 5.41) is 4.01. The molecule has 7 heteroatoms. The van der Waals surface area contributed by atoms with Crippen LogP contribution in [0.4, 0.5) is 5.82 Å². The van der Waals surface area contributed by atoms with Crippen molar-refractivity contribution in [2.75, 3.05) is 24.5 Å². The molecule has 0 atom stereocenters. The fourth-order valence-electron chi connectivity index (χ4n) is 4.13. The SMILES string of the molecule is O=C1CC2(CCN(c3nc(-c4ccncc4)nc4cnccc34)CC2)CN1. The van der Waals surface area contributed by atoms with E-state index in [1.807, 2.05) is 18.2 Å². The van der Waals surface area contributed by atoms with Gasteiger partial charge in [0, 0.05) is 55.6 Å². The minimum absolute atomic E-state index is 0.117. The van der Waals surface area contributed by atoms with E-state index < -0.39 is 0 Å². The molecule has 2 aliphatic rings. The van der Waals surface area contributed by atoms with Gasteiger partial charge in [-0.3, -0.25) is 14.8 Å². The molecular weight excluding hydrogens is 340 g/mol. The Morgan fingerprint density at radius 1 is 1.00 bits per heavy atom. The highest BCUT2D eigenvalue weighted by atomic mass is 16.1. The number of nitrogens with one attached hydrogen (secondary N) is 1. The Balaban J connectivity index is 1.52. The second-order valence-electron chi connectivity index (χ2n) is 7.44. The fraction of sp³-hybridized carbons (Fsp3) is 0.350. The maximum atomic E-state index is 11.7. The van der Waals surface area contributed by atoms with Crippen molar-refractivity contribution in [2.45, 2.75) is 19.3 Å². The van der Waals surface area contributed by atoms with Crippen LogP contribution in [-0.4, -0.2) is 45.5 Å². The van der Waals surface area contributed by atoms with Crippen molar-refractivity contribution in [1.82, 2.24) is 25.3 Å². The summed E-state index contributed by atoms with van der Waals surface area (Å²) in [4.78, 5) is 31.9. The van der Waals surface area contributed by atoms with E-state index in [0.717, 1.165) is 54.8 Å². The fourth-order valence-corrected chi connectivity index (χ4v) is 4.13. The van der Waals surface area contributed by atoms with Crippen LogP contribution in [0.5, 0.6) is 0 Å². The molecule has 0 aromatic carbocycles. The van der Waals surface area contributed by atoms with Crippen LogP contribution in [0.3, 0.4) is 0 Å². The van der Waals surface area contributed by atoms with E-state index in [0.29, 0.717) is 12.2 Å². The third kappa shape index (κ3) is 2.89. The van der Waals surface area contributed by atoms with Crippen molar-refractivity contribution in [2.24, 2.45) is 5.41 Å². The van der Waals surface area contributed by atoms with Crippen LogP contribution in [0, 0.1) is 5.41 Å². The van der Waals surface area contributed by atoms with Gasteiger partial charge in [-0.1, -0.05) is 0 Å². The molecule has 2 saturated heterocycles. The van der Waals surface area contributed by atoms with E-state index in [9.17, 15) is 4.79 Å². The molecule has 0 saturated carbocycles. The van der Waals surface area contributed by atoms with Crippen LogP contribution in [0.1, 0.15) is 19.3 Å². The Morgan fingerprint density at radius 2 is 1.78 bits per heavy atom. The lowest BCUT2D eigenvalue weighted by atomic mass is 9.77. The molecule has 27 heavy (non-hydrogen) atoms. The molecule has 0 radical (unpaired) electrons. The highest BCUT2D eigenvalue weighted by molar-refractivity contribution is 5.90. The third-order valence-electron chi connectivity index (χ3n) is 5.74. The van der Waals surface area contributed by atoms with Crippen LogP contribution in [0.25, 0.3) is 22.3 Å². The zero-order chi connectivity index (χ0) is 18.3. The minimum atomic E-state index is 0.117. The van der Waals surface area contributed by atoms with Gasteiger partial charge in [0.15, 0.2) is 5.82 Å². The van der Waals surface area contributed by atoms with Gasteiger partial charge in [0.2, 0.25) is 5.91 Å². The Kier molecular flexibility index (Phi) is 3.74. The van der Waals surface area contributed by atoms with Gasteiger partial charge in [-0.2, -0.15) is 0 Å². The van der Waals surface area contributed by atoms with Crippen molar-refractivity contribution in [3.05, 3.63) is 43.0 Å². The number of piperidine rings is 1. The lowest BCUT2D eigenvalue weighted by molar-refractivity contribution is -0.119. The first-order chi connectivity index (χ1) is 13.2. The first-order valence-corrected chi connectivity index (χ1v) is 9.26. The number of hydrogen-bond acceptors (Lipinski definition) is 6. The normalized spacial score (nSPS) is 18.8. The van der Waals surface area contributed by atoms with Crippen LogP contribution < -0.4 is 10.2 Å². The smallest absolute Gasteiger partial charge is 0.220 e. The topological polar surface area (TPSA) is 83.9 Å². The quantitative estimate of drug-likeness (QED) is 0.754. The Labute approximate surface area is 156 Å². The van der Waals surface area contributed by atoms with Gasteiger partial charge in [0.25, 0.3) is 0 Å². The number of rotatable bonds is 2. The van der Waals surface area contributed by atoms with E-state index in [1.54, 1.807) is 24.8 Å². The van der Waals surface area contributed by atoms with Gasteiger partial charge < -0.3 is 10.2 Å². The number of carbonyl (C=O) groups is 1. The molecule has 0 bridgehead atoms. The Bertz CT molecular complexity index is 998. The number of aromatic nitrogens is 4. The van der Waals surface area contributed by atoms with Crippen molar-refractivity contribution in [3.63, 3.8) is 0 Å². The van der Waals surface area contributed by atoms with Gasteiger partial charge in [-0.25, -0.2) is 9.97 Å². The van der Waals surface area contributed by atoms with Gasteiger partial charge in [0.05, 0.1) is 11.7 Å². The number of fused-ring (bicyclic) bond motifs is 1. The maximum absolute atomic E-state index is 11.7. The summed E-state index contributed by atoms with van der Waals surface area (Å²) in [6.45, 7) is 2.58. The molecule has 0 aliphatic carbocycles. The summed E-state index contributed by atoms with van der Waals surface area (Å²) in [5.74, 6) is 1.81. The predicted molar refractivity (Wildman–Crippen MR) is 102 cm³/mol. The lowest BCUT2D eigenvalue weighted by Gasteiger charge is -2.39. The van der Waals surface area contributed by atoms with Gasteiger partial charge in [-0.05, 0) is 36.5 Å². The molecule has 5 rings (SSSR count). The maximum Gasteiger partial charge on any atom is 0.220 e. The monoisotopic (exact) mass is 360 g/mol. The molecule has 1 spiro atoms. The zero-order valence-corrected chi connectivity index (χ0v) is 14.9. The second-order valence-corrected chi connectivity index (χ2v) is 7.44. The van der Waals surface area contributed by atoms with Crippen molar-refractivity contribution < 1.29 is 4.79 Å². The lowest BCUT2D eigenvalue weighted by Crippen LogP contribution is -2.41. The van der Waals surface area contributed by atoms with Gasteiger partial charge in [-0.15, -0.1) is 0 Å². The van der Waals surface area contributed by atoms with E-state index in [4.69, 9.17) is 9.97 Å². The van der Waals surface area contributed by atoms with Gasteiger partial charge in [0.1, 0.15) is 5.82 Å². The molecule has 2 fully saturated rings. The van der Waals surface area contributed by atoms with Crippen LogP contribution in [0.2, 0.25) is 0 Å². The molecule has 2 aliphatic heterocycles. The first-order valence-electron chi connectivity index (χ1n) is 9.26. The van der Waals surface area contributed by atoms with Gasteiger partial charge >= 0.3 is 0 Å². The van der Waals surface area contributed by atoms with Crippen molar-refractivity contribution >= 4 is 22.6 Å². The molecule has 3 aromatic heterocycles. The molecule has 5 heterocycles. The molecule has 1 amide bonds. The van der Waals surface area contributed by atoms with Crippen molar-refractivity contribution in [3.8, 4) is 11.4 Å². The van der Waals surface area contributed by atoms with Crippen LogP contribution in [-0.2, 0) is 4.79 Å². The zero-order valence-electron chi connectivity index (χ0n) is 14.9. The van der Waals surface area contributed by atoms with E-state index >= 15 is 0 Å². The van der Waals surface area contributed by atoms with Crippen LogP contribution >= 0.6 is 0 Å². The Morgan fingerprint density at radius 3 is 2.52 bits per heavy atom. The summed E-state index contributed by atoms with van der Waals surface area (Å²) < 4.78 is 0. The number of anilines is 1. The minimum Gasteiger partial charge on any atom is -0.356 e. The average Bonchev–Trinajstić information content (AvgIpc) is 3.08. The predicted octanol–water partition coefficient (Wildman–Crippen LogP) is 2.19. The van der Waals surface area contributed by atoms with E-state index in [-0.39, 0.29) is 11.3 Å². The number of nitrogens with zero attached hydrogens (tertiary/aromatic N) is 5. The van der Waals surface area contributed by atoms with Crippen LogP contribution in [0.15, 0.2) is 43.0 Å². The van der Waals surface area contributed by atoms with Crippen molar-refractivity contribution in [1.29, 1.82) is 0 Å². The molecule has 1 N–H and O–H groups in total. The summed E-state index contributed by atoms with van der Waals surface area (Å²) in [7, 11) is 0. The molecule has 0 unspecified atom stereocenters. The number of amides is 1. The largest absolute Gasteiger partial charge is 0.356 e. The second kappa shape index (κ2) is 6.26. The summed E-state index contributed by atoms with van der Waals surface area (Å²) in [6, 6.07) is 5.82. The highest BCUT2D eigenvalue weighted by Crippen LogP contribution is 2.39. The molecule has 3 aromatic rings. The molecular formula is C20H20N6O.